The molecule has 2 heterocycles. The molecule has 0 aromatic carbocycles. The van der Waals surface area contributed by atoms with E-state index < -0.39 is 0 Å². The highest BCUT2D eigenvalue weighted by Gasteiger charge is 2.06. The third kappa shape index (κ3) is 0.744. The molecule has 0 aliphatic carbocycles. The molecule has 6 nitrogen and oxygen atoms in total. The Bertz CT molecular complexity index is 482. The van der Waals surface area contributed by atoms with Crippen molar-refractivity contribution in [3.8, 4) is 0 Å². The number of aromatic nitrogens is 5. The van der Waals surface area contributed by atoms with Gasteiger partial charge in [0.15, 0.2) is 11.2 Å². The summed E-state index contributed by atoms with van der Waals surface area (Å²) in [6, 6.07) is 0. The third-order valence-corrected chi connectivity index (χ3v) is 1.67. The van der Waals surface area contributed by atoms with Gasteiger partial charge in [0.05, 0.1) is 6.33 Å². The molecular formula is C6H7N5O. The number of hydrogen-bond donors (Lipinski definition) is 0. The summed E-state index contributed by atoms with van der Waals surface area (Å²) in [5.74, 6) is 0. The minimum Gasteiger partial charge on any atom is -0.300 e. The maximum atomic E-state index is 11.3. The van der Waals surface area contributed by atoms with E-state index in [4.69, 9.17) is 0 Å². The van der Waals surface area contributed by atoms with Crippen molar-refractivity contribution in [1.82, 2.24) is 24.5 Å². The van der Waals surface area contributed by atoms with Gasteiger partial charge in [-0.3, -0.25) is 4.79 Å². The number of hydrogen-bond acceptors (Lipinski definition) is 4. The third-order valence-electron chi connectivity index (χ3n) is 1.67. The van der Waals surface area contributed by atoms with Crippen molar-refractivity contribution in [3.05, 3.63) is 16.7 Å². The van der Waals surface area contributed by atoms with Crippen LogP contribution in [0.3, 0.4) is 0 Å². The van der Waals surface area contributed by atoms with Gasteiger partial charge in [0, 0.05) is 14.1 Å². The van der Waals surface area contributed by atoms with Gasteiger partial charge < -0.3 is 4.57 Å². The molecule has 0 N–H and O–H groups in total. The lowest BCUT2D eigenvalue weighted by molar-refractivity contribution is 0.728. The molecule has 0 aliphatic rings. The number of rotatable bonds is 0. The van der Waals surface area contributed by atoms with Crippen LogP contribution in [0.4, 0.5) is 0 Å². The van der Waals surface area contributed by atoms with E-state index in [1.807, 2.05) is 0 Å². The van der Waals surface area contributed by atoms with Crippen LogP contribution in [0.1, 0.15) is 0 Å². The van der Waals surface area contributed by atoms with Gasteiger partial charge in [-0.1, -0.05) is 5.21 Å². The summed E-state index contributed by atoms with van der Waals surface area (Å²) in [5.41, 5.74) is 0.647. The van der Waals surface area contributed by atoms with Crippen LogP contribution in [0.2, 0.25) is 0 Å². The maximum absolute atomic E-state index is 11.3. The number of nitrogens with zero attached hydrogens (tertiary/aromatic N) is 5. The molecule has 0 atom stereocenters. The molecule has 0 saturated heterocycles. The molecule has 0 saturated carbocycles. The van der Waals surface area contributed by atoms with Crippen LogP contribution in [0.5, 0.6) is 0 Å². The zero-order valence-electron chi connectivity index (χ0n) is 6.72. The summed E-state index contributed by atoms with van der Waals surface area (Å²) in [6.45, 7) is 0. The van der Waals surface area contributed by atoms with E-state index in [0.717, 1.165) is 0 Å². The van der Waals surface area contributed by atoms with E-state index in [1.54, 1.807) is 14.1 Å². The maximum Gasteiger partial charge on any atom is 0.283 e. The fourth-order valence-corrected chi connectivity index (χ4v) is 0.996. The molecule has 0 bridgehead atoms. The summed E-state index contributed by atoms with van der Waals surface area (Å²) in [6.07, 6.45) is 1.45. The Kier molecular flexibility index (Phi) is 1.24. The predicted molar refractivity (Wildman–Crippen MR) is 41.5 cm³/mol. The summed E-state index contributed by atoms with van der Waals surface area (Å²) in [4.78, 5) is 15.4. The van der Waals surface area contributed by atoms with E-state index in [9.17, 15) is 4.79 Å². The predicted octanol–water partition coefficient (Wildman–Crippen LogP) is -0.938. The molecule has 6 heteroatoms. The highest BCUT2D eigenvalue weighted by molar-refractivity contribution is 5.67. The monoisotopic (exact) mass is 165 g/mol. The van der Waals surface area contributed by atoms with E-state index >= 15 is 0 Å². The van der Waals surface area contributed by atoms with Crippen LogP contribution >= 0.6 is 0 Å². The first-order valence-electron chi connectivity index (χ1n) is 3.41. The molecule has 0 amide bonds. The Balaban J connectivity index is 3.03. The Hall–Kier alpha value is -1.72. The lowest BCUT2D eigenvalue weighted by Crippen LogP contribution is -2.17. The number of aryl methyl sites for hydroxylation is 2. The van der Waals surface area contributed by atoms with Crippen molar-refractivity contribution in [3.63, 3.8) is 0 Å². The van der Waals surface area contributed by atoms with Gasteiger partial charge in [-0.2, -0.15) is 0 Å². The van der Waals surface area contributed by atoms with Gasteiger partial charge in [-0.15, -0.1) is 5.10 Å². The lowest BCUT2D eigenvalue weighted by Gasteiger charge is -1.93. The second-order valence-corrected chi connectivity index (χ2v) is 2.55. The highest BCUT2D eigenvalue weighted by atomic mass is 16.1. The normalized spacial score (nSPS) is 10.8. The highest BCUT2D eigenvalue weighted by Crippen LogP contribution is 1.97. The first-order chi connectivity index (χ1) is 5.70. The average Bonchev–Trinajstić information content (AvgIpc) is 2.41. The zero-order valence-corrected chi connectivity index (χ0v) is 6.72. The fourth-order valence-electron chi connectivity index (χ4n) is 0.996. The minimum absolute atomic E-state index is 0.173. The van der Waals surface area contributed by atoms with Crippen LogP contribution < -0.4 is 5.56 Å². The van der Waals surface area contributed by atoms with Crippen molar-refractivity contribution in [2.24, 2.45) is 14.1 Å². The second-order valence-electron chi connectivity index (χ2n) is 2.55. The summed E-state index contributed by atoms with van der Waals surface area (Å²) >= 11 is 0. The molecule has 2 aromatic heterocycles. The first-order valence-corrected chi connectivity index (χ1v) is 3.41. The van der Waals surface area contributed by atoms with Crippen molar-refractivity contribution in [2.45, 2.75) is 0 Å². The lowest BCUT2D eigenvalue weighted by atomic mass is 10.5. The smallest absolute Gasteiger partial charge is 0.283 e. The summed E-state index contributed by atoms with van der Waals surface area (Å²) < 4.78 is 2.84. The van der Waals surface area contributed by atoms with Crippen LogP contribution in [0.15, 0.2) is 11.1 Å². The number of fused-ring (bicyclic) bond motifs is 1. The van der Waals surface area contributed by atoms with Gasteiger partial charge in [0.1, 0.15) is 0 Å². The first kappa shape index (κ1) is 6.96. The molecule has 62 valence electrons. The molecule has 0 spiro atoms. The van der Waals surface area contributed by atoms with Crippen molar-refractivity contribution in [1.29, 1.82) is 0 Å². The molecule has 0 aliphatic heterocycles. The van der Waals surface area contributed by atoms with E-state index in [2.05, 4.69) is 15.3 Å². The van der Waals surface area contributed by atoms with Crippen molar-refractivity contribution < 1.29 is 0 Å². The zero-order chi connectivity index (χ0) is 8.72. The van der Waals surface area contributed by atoms with Gasteiger partial charge in [-0.05, 0) is 0 Å². The largest absolute Gasteiger partial charge is 0.300 e. The molecular weight excluding hydrogens is 158 g/mol. The quantitative estimate of drug-likeness (QED) is 0.505. The van der Waals surface area contributed by atoms with Gasteiger partial charge in [0.25, 0.3) is 5.56 Å². The second kappa shape index (κ2) is 2.13. The van der Waals surface area contributed by atoms with Gasteiger partial charge >= 0.3 is 0 Å². The molecule has 2 rings (SSSR count). The minimum atomic E-state index is -0.173. The standard InChI is InChI=1S/C6H7N5O/c1-10-3-7-5-4(6(10)12)8-9-11(5)2/h3H,1-2H3. The van der Waals surface area contributed by atoms with Crippen LogP contribution in [0.25, 0.3) is 11.2 Å². The van der Waals surface area contributed by atoms with Crippen molar-refractivity contribution >= 4 is 11.2 Å². The van der Waals surface area contributed by atoms with Crippen LogP contribution in [-0.2, 0) is 14.1 Å². The Morgan fingerprint density at radius 2 is 2.17 bits per heavy atom. The van der Waals surface area contributed by atoms with Crippen molar-refractivity contribution in [2.75, 3.05) is 0 Å². The van der Waals surface area contributed by atoms with E-state index in [1.165, 1.54) is 15.6 Å². The Morgan fingerprint density at radius 3 is 2.92 bits per heavy atom. The molecule has 2 aromatic rings. The SMILES string of the molecule is Cn1cnc2c(nnn2C)c1=O. The topological polar surface area (TPSA) is 65.6 Å². The molecule has 0 radical (unpaired) electrons. The van der Waals surface area contributed by atoms with Crippen LogP contribution in [-0.4, -0.2) is 24.5 Å². The van der Waals surface area contributed by atoms with E-state index in [0.29, 0.717) is 11.2 Å². The molecule has 12 heavy (non-hydrogen) atoms. The average molecular weight is 165 g/mol. The molecule has 0 unspecified atom stereocenters. The van der Waals surface area contributed by atoms with Gasteiger partial charge in [0.2, 0.25) is 0 Å². The van der Waals surface area contributed by atoms with E-state index in [-0.39, 0.29) is 5.56 Å². The molecule has 0 fully saturated rings. The Labute approximate surface area is 67.4 Å². The summed E-state index contributed by atoms with van der Waals surface area (Å²) in [7, 11) is 3.32. The Morgan fingerprint density at radius 1 is 1.42 bits per heavy atom. The fraction of sp³-hybridized carbons (Fsp3) is 0.333. The van der Waals surface area contributed by atoms with Gasteiger partial charge in [-0.25, -0.2) is 9.67 Å². The van der Waals surface area contributed by atoms with Crippen LogP contribution in [0, 0.1) is 0 Å². The summed E-state index contributed by atoms with van der Waals surface area (Å²) in [5, 5.41) is 7.38.